The molecule has 3 N–H and O–H groups in total. The molecule has 1 unspecified atom stereocenters. The number of hydrogen-bond donors (Lipinski definition) is 2. The van der Waals surface area contributed by atoms with Crippen LogP contribution in [0.2, 0.25) is 0 Å². The number of nitrogens with zero attached hydrogens (tertiary/aromatic N) is 1. The highest BCUT2D eigenvalue weighted by molar-refractivity contribution is 5.85. The summed E-state index contributed by atoms with van der Waals surface area (Å²) in [6, 6.07) is 8.71. The van der Waals surface area contributed by atoms with Gasteiger partial charge in [-0.15, -0.1) is 0 Å². The van der Waals surface area contributed by atoms with Gasteiger partial charge >= 0.3 is 0 Å². The van der Waals surface area contributed by atoms with Gasteiger partial charge in [0.1, 0.15) is 12.4 Å². The minimum absolute atomic E-state index is 0.0290. The largest absolute Gasteiger partial charge is 0.492 e. The first kappa shape index (κ1) is 18.3. The summed E-state index contributed by atoms with van der Waals surface area (Å²) in [5, 5.41) is 2.89. The number of carbonyl (C=O) groups excluding carboxylic acids is 2. The van der Waals surface area contributed by atoms with E-state index in [1.165, 1.54) is 0 Å². The maximum atomic E-state index is 12.2. The van der Waals surface area contributed by atoms with Crippen molar-refractivity contribution >= 4 is 11.8 Å². The van der Waals surface area contributed by atoms with Gasteiger partial charge in [-0.3, -0.25) is 9.59 Å². The third kappa shape index (κ3) is 4.96. The van der Waals surface area contributed by atoms with Crippen LogP contribution in [0.5, 0.6) is 5.75 Å². The maximum Gasteiger partial charge on any atom is 0.237 e. The Morgan fingerprint density at radius 3 is 2.67 bits per heavy atom. The first-order valence-electron chi connectivity index (χ1n) is 8.29. The molecule has 0 saturated carbocycles. The average Bonchev–Trinajstić information content (AvgIpc) is 2.86. The quantitative estimate of drug-likeness (QED) is 0.818. The predicted octanol–water partition coefficient (Wildman–Crippen LogP) is 1.16. The fourth-order valence-electron chi connectivity index (χ4n) is 2.56. The molecule has 0 spiro atoms. The van der Waals surface area contributed by atoms with Gasteiger partial charge in [-0.1, -0.05) is 39.0 Å². The molecule has 6 heteroatoms. The van der Waals surface area contributed by atoms with E-state index in [0.29, 0.717) is 26.1 Å². The molecular formula is C18H27N3O3. The lowest BCUT2D eigenvalue weighted by Crippen LogP contribution is -2.51. The van der Waals surface area contributed by atoms with Gasteiger partial charge in [0.05, 0.1) is 18.6 Å². The van der Waals surface area contributed by atoms with Crippen molar-refractivity contribution in [3.8, 4) is 5.75 Å². The number of rotatable bonds is 6. The van der Waals surface area contributed by atoms with Crippen LogP contribution in [0.3, 0.4) is 0 Å². The van der Waals surface area contributed by atoms with Crippen molar-refractivity contribution in [1.29, 1.82) is 0 Å². The summed E-state index contributed by atoms with van der Waals surface area (Å²) in [5.41, 5.74) is 5.65. The lowest BCUT2D eigenvalue weighted by Gasteiger charge is -2.27. The van der Waals surface area contributed by atoms with Gasteiger partial charge in [0.15, 0.2) is 0 Å². The van der Waals surface area contributed by atoms with Crippen molar-refractivity contribution in [2.24, 2.45) is 11.1 Å². The summed E-state index contributed by atoms with van der Waals surface area (Å²) in [6.07, 6.45) is 0.313. The van der Waals surface area contributed by atoms with Crippen molar-refractivity contribution in [2.75, 3.05) is 19.7 Å². The lowest BCUT2D eigenvalue weighted by molar-refractivity contribution is -0.128. The highest BCUT2D eigenvalue weighted by Crippen LogP contribution is 2.18. The standard InChI is InChI=1S/C18H27N3O3/c1-18(2,3)16(19)17(23)20-13-11-15(22)21(12-13)9-10-24-14-7-5-4-6-8-14/h4-8,13,16H,9-12,19H2,1-3H3,(H,20,23)/t13?,16-/m1/s1. The van der Waals surface area contributed by atoms with Crippen molar-refractivity contribution < 1.29 is 14.3 Å². The van der Waals surface area contributed by atoms with Gasteiger partial charge in [-0.05, 0) is 17.5 Å². The van der Waals surface area contributed by atoms with Crippen LogP contribution < -0.4 is 15.8 Å². The molecule has 132 valence electrons. The van der Waals surface area contributed by atoms with Gasteiger partial charge in [-0.2, -0.15) is 0 Å². The summed E-state index contributed by atoms with van der Waals surface area (Å²) in [6.45, 7) is 7.20. The van der Waals surface area contributed by atoms with Gasteiger partial charge in [-0.25, -0.2) is 0 Å². The molecule has 1 aromatic carbocycles. The zero-order valence-corrected chi connectivity index (χ0v) is 14.6. The minimum atomic E-state index is -0.594. The van der Waals surface area contributed by atoms with Crippen LogP contribution in [0.4, 0.5) is 0 Å². The third-order valence-corrected chi connectivity index (χ3v) is 4.15. The number of hydrogen-bond acceptors (Lipinski definition) is 4. The number of benzene rings is 1. The summed E-state index contributed by atoms with van der Waals surface area (Å²) in [7, 11) is 0. The number of ether oxygens (including phenoxy) is 1. The van der Waals surface area contributed by atoms with Crippen molar-refractivity contribution in [3.05, 3.63) is 30.3 Å². The van der Waals surface area contributed by atoms with Gasteiger partial charge < -0.3 is 20.7 Å². The van der Waals surface area contributed by atoms with Crippen LogP contribution in [-0.2, 0) is 9.59 Å². The Kier molecular flexibility index (Phi) is 5.83. The summed E-state index contributed by atoms with van der Waals surface area (Å²) < 4.78 is 5.61. The van der Waals surface area contributed by atoms with Crippen LogP contribution in [0.25, 0.3) is 0 Å². The molecule has 2 rings (SSSR count). The number of amides is 2. The molecule has 2 amide bonds. The molecule has 1 aromatic rings. The van der Waals surface area contributed by atoms with Crippen LogP contribution in [0.1, 0.15) is 27.2 Å². The highest BCUT2D eigenvalue weighted by atomic mass is 16.5. The zero-order chi connectivity index (χ0) is 17.7. The molecule has 0 bridgehead atoms. The molecule has 1 saturated heterocycles. The monoisotopic (exact) mass is 333 g/mol. The van der Waals surface area contributed by atoms with Crippen LogP contribution in [0.15, 0.2) is 30.3 Å². The van der Waals surface area contributed by atoms with Gasteiger partial charge in [0.2, 0.25) is 11.8 Å². The fraction of sp³-hybridized carbons (Fsp3) is 0.556. The molecule has 1 aliphatic rings. The van der Waals surface area contributed by atoms with E-state index in [0.717, 1.165) is 5.75 Å². The van der Waals surface area contributed by atoms with E-state index in [-0.39, 0.29) is 23.3 Å². The molecule has 0 aliphatic carbocycles. The highest BCUT2D eigenvalue weighted by Gasteiger charge is 2.34. The molecule has 1 heterocycles. The molecule has 1 fully saturated rings. The van der Waals surface area contributed by atoms with Gasteiger partial charge in [0, 0.05) is 13.0 Å². The van der Waals surface area contributed by atoms with Crippen LogP contribution >= 0.6 is 0 Å². The first-order chi connectivity index (χ1) is 11.3. The second-order valence-electron chi connectivity index (χ2n) is 7.25. The third-order valence-electron chi connectivity index (χ3n) is 4.15. The van der Waals surface area contributed by atoms with Crippen molar-refractivity contribution in [1.82, 2.24) is 10.2 Å². The fourth-order valence-corrected chi connectivity index (χ4v) is 2.56. The summed E-state index contributed by atoms with van der Waals surface area (Å²) >= 11 is 0. The number of nitrogens with one attached hydrogen (secondary N) is 1. The van der Waals surface area contributed by atoms with Crippen LogP contribution in [0, 0.1) is 5.41 Å². The van der Waals surface area contributed by atoms with E-state index in [2.05, 4.69) is 5.32 Å². The Bertz CT molecular complexity index is 569. The Labute approximate surface area is 143 Å². The van der Waals surface area contributed by atoms with E-state index in [4.69, 9.17) is 10.5 Å². The van der Waals surface area contributed by atoms with Gasteiger partial charge in [0.25, 0.3) is 0 Å². The zero-order valence-electron chi connectivity index (χ0n) is 14.6. The topological polar surface area (TPSA) is 84.7 Å². The number of carbonyl (C=O) groups is 2. The van der Waals surface area contributed by atoms with Crippen molar-refractivity contribution in [2.45, 2.75) is 39.3 Å². The average molecular weight is 333 g/mol. The predicted molar refractivity (Wildman–Crippen MR) is 92.5 cm³/mol. The second kappa shape index (κ2) is 7.66. The Hall–Kier alpha value is -2.08. The van der Waals surface area contributed by atoms with E-state index in [9.17, 15) is 9.59 Å². The van der Waals surface area contributed by atoms with Crippen molar-refractivity contribution in [3.63, 3.8) is 0 Å². The number of nitrogens with two attached hydrogens (primary N) is 1. The molecule has 6 nitrogen and oxygen atoms in total. The molecule has 24 heavy (non-hydrogen) atoms. The number of para-hydroxylation sites is 1. The van der Waals surface area contributed by atoms with E-state index >= 15 is 0 Å². The molecule has 2 atom stereocenters. The first-order valence-corrected chi connectivity index (χ1v) is 8.29. The Morgan fingerprint density at radius 2 is 2.04 bits per heavy atom. The number of likely N-dealkylation sites (tertiary alicyclic amines) is 1. The molecule has 1 aliphatic heterocycles. The molecule has 0 aromatic heterocycles. The molecular weight excluding hydrogens is 306 g/mol. The summed E-state index contributed by atoms with van der Waals surface area (Å²) in [4.78, 5) is 25.9. The van der Waals surface area contributed by atoms with E-state index in [1.807, 2.05) is 51.1 Å². The molecule has 0 radical (unpaired) electrons. The smallest absolute Gasteiger partial charge is 0.237 e. The lowest BCUT2D eigenvalue weighted by atomic mass is 9.87. The summed E-state index contributed by atoms with van der Waals surface area (Å²) in [5.74, 6) is 0.606. The Morgan fingerprint density at radius 1 is 1.38 bits per heavy atom. The van der Waals surface area contributed by atoms with Crippen LogP contribution in [-0.4, -0.2) is 48.5 Å². The van der Waals surface area contributed by atoms with E-state index < -0.39 is 6.04 Å². The van der Waals surface area contributed by atoms with E-state index in [1.54, 1.807) is 4.90 Å². The minimum Gasteiger partial charge on any atom is -0.492 e. The second-order valence-corrected chi connectivity index (χ2v) is 7.25. The maximum absolute atomic E-state index is 12.2. The normalized spacial score (nSPS) is 19.2. The Balaban J connectivity index is 1.77. The SMILES string of the molecule is CC(C)(C)[C@H](N)C(=O)NC1CC(=O)N(CCOc2ccccc2)C1.